The lowest BCUT2D eigenvalue weighted by molar-refractivity contribution is -0.122. The van der Waals surface area contributed by atoms with Gasteiger partial charge in [0.15, 0.2) is 11.3 Å². The van der Waals surface area contributed by atoms with Crippen LogP contribution in [0.15, 0.2) is 36.5 Å². The normalized spacial score (nSPS) is 11.8. The van der Waals surface area contributed by atoms with Crippen LogP contribution in [0, 0.1) is 0 Å². The van der Waals surface area contributed by atoms with Gasteiger partial charge in [-0.25, -0.2) is 4.98 Å². The Labute approximate surface area is 137 Å². The summed E-state index contributed by atoms with van der Waals surface area (Å²) in [6, 6.07) is 8.05. The third-order valence-corrected chi connectivity index (χ3v) is 3.27. The SMILES string of the molecule is C[C@H](Oc1cc(Cl)cc(Cl)c1)C(=O)Nc1cccnc1Cl. The molecule has 0 aliphatic rings. The summed E-state index contributed by atoms with van der Waals surface area (Å²) in [5.41, 5.74) is 0.420. The lowest BCUT2D eigenvalue weighted by Gasteiger charge is -2.15. The average Bonchev–Trinajstić information content (AvgIpc) is 2.40. The number of benzene rings is 1. The van der Waals surface area contributed by atoms with Gasteiger partial charge in [-0.1, -0.05) is 34.8 Å². The summed E-state index contributed by atoms with van der Waals surface area (Å²) < 4.78 is 5.51. The van der Waals surface area contributed by atoms with E-state index >= 15 is 0 Å². The molecule has 0 saturated carbocycles. The molecule has 1 amide bonds. The third-order valence-electron chi connectivity index (χ3n) is 2.54. The minimum atomic E-state index is -0.754. The highest BCUT2D eigenvalue weighted by Crippen LogP contribution is 2.25. The molecule has 0 aliphatic carbocycles. The molecule has 1 atom stereocenters. The summed E-state index contributed by atoms with van der Waals surface area (Å²) >= 11 is 17.6. The first-order valence-electron chi connectivity index (χ1n) is 6.00. The van der Waals surface area contributed by atoms with Crippen LogP contribution < -0.4 is 10.1 Å². The Bertz CT molecular complexity index is 644. The monoisotopic (exact) mass is 344 g/mol. The molecule has 0 bridgehead atoms. The van der Waals surface area contributed by atoms with Crippen LogP contribution in [0.5, 0.6) is 5.75 Å². The molecule has 2 rings (SSSR count). The van der Waals surface area contributed by atoms with Crippen molar-refractivity contribution in [2.75, 3.05) is 5.32 Å². The first kappa shape index (κ1) is 15.9. The van der Waals surface area contributed by atoms with Crippen LogP contribution in [0.2, 0.25) is 15.2 Å². The summed E-state index contributed by atoms with van der Waals surface area (Å²) in [6.45, 7) is 1.61. The lowest BCUT2D eigenvalue weighted by atomic mass is 10.3. The highest BCUT2D eigenvalue weighted by Gasteiger charge is 2.16. The number of hydrogen-bond acceptors (Lipinski definition) is 3. The quantitative estimate of drug-likeness (QED) is 0.833. The number of nitrogens with one attached hydrogen (secondary N) is 1. The van der Waals surface area contributed by atoms with Gasteiger partial charge in [-0.05, 0) is 37.3 Å². The molecule has 1 aromatic heterocycles. The van der Waals surface area contributed by atoms with E-state index in [0.717, 1.165) is 0 Å². The highest BCUT2D eigenvalue weighted by molar-refractivity contribution is 6.34. The number of nitrogens with zero attached hydrogens (tertiary/aromatic N) is 1. The Morgan fingerprint density at radius 2 is 1.90 bits per heavy atom. The molecule has 21 heavy (non-hydrogen) atoms. The number of carbonyl (C=O) groups excluding carboxylic acids is 1. The number of halogens is 3. The highest BCUT2D eigenvalue weighted by atomic mass is 35.5. The van der Waals surface area contributed by atoms with E-state index in [1.54, 1.807) is 37.3 Å². The van der Waals surface area contributed by atoms with Crippen LogP contribution in [0.4, 0.5) is 5.69 Å². The molecule has 0 radical (unpaired) electrons. The number of hydrogen-bond donors (Lipinski definition) is 1. The Balaban J connectivity index is 2.04. The maximum Gasteiger partial charge on any atom is 0.265 e. The average molecular weight is 346 g/mol. The van der Waals surface area contributed by atoms with Gasteiger partial charge in [-0.15, -0.1) is 0 Å². The standard InChI is InChI=1S/C14H11Cl3N2O2/c1-8(21-11-6-9(15)5-10(16)7-11)14(20)19-12-3-2-4-18-13(12)17/h2-8H,1H3,(H,19,20)/t8-/m0/s1. The Morgan fingerprint density at radius 3 is 2.52 bits per heavy atom. The van der Waals surface area contributed by atoms with Crippen LogP contribution >= 0.6 is 34.8 Å². The second-order valence-corrected chi connectivity index (χ2v) is 5.43. The minimum Gasteiger partial charge on any atom is -0.481 e. The van der Waals surface area contributed by atoms with Gasteiger partial charge in [-0.3, -0.25) is 4.79 Å². The topological polar surface area (TPSA) is 51.2 Å². The number of rotatable bonds is 4. The predicted molar refractivity (Wildman–Crippen MR) is 84.4 cm³/mol. The fourth-order valence-electron chi connectivity index (χ4n) is 1.57. The molecular formula is C14H11Cl3N2O2. The van der Waals surface area contributed by atoms with Gasteiger partial charge < -0.3 is 10.1 Å². The summed E-state index contributed by atoms with van der Waals surface area (Å²) in [6.07, 6.45) is 0.780. The molecular weight excluding hydrogens is 335 g/mol. The van der Waals surface area contributed by atoms with E-state index in [1.165, 1.54) is 6.20 Å². The molecule has 1 heterocycles. The van der Waals surface area contributed by atoms with Crippen molar-refractivity contribution >= 4 is 46.4 Å². The molecule has 4 nitrogen and oxygen atoms in total. The van der Waals surface area contributed by atoms with E-state index in [4.69, 9.17) is 39.5 Å². The smallest absolute Gasteiger partial charge is 0.265 e. The molecule has 0 spiro atoms. The van der Waals surface area contributed by atoms with E-state index < -0.39 is 6.10 Å². The van der Waals surface area contributed by atoms with Crippen molar-refractivity contribution in [3.05, 3.63) is 51.7 Å². The maximum atomic E-state index is 12.1. The maximum absolute atomic E-state index is 12.1. The van der Waals surface area contributed by atoms with Gasteiger partial charge in [0.1, 0.15) is 5.75 Å². The largest absolute Gasteiger partial charge is 0.481 e. The minimum absolute atomic E-state index is 0.212. The zero-order valence-electron chi connectivity index (χ0n) is 10.9. The van der Waals surface area contributed by atoms with Crippen molar-refractivity contribution in [3.8, 4) is 5.75 Å². The molecule has 0 aliphatic heterocycles. The second-order valence-electron chi connectivity index (χ2n) is 4.20. The van der Waals surface area contributed by atoms with Gasteiger partial charge in [0.25, 0.3) is 5.91 Å². The van der Waals surface area contributed by atoms with Crippen molar-refractivity contribution in [2.24, 2.45) is 0 Å². The van der Waals surface area contributed by atoms with Crippen molar-refractivity contribution in [1.82, 2.24) is 4.98 Å². The van der Waals surface area contributed by atoms with Crippen LogP contribution in [0.1, 0.15) is 6.92 Å². The van der Waals surface area contributed by atoms with Gasteiger partial charge in [0.2, 0.25) is 0 Å². The van der Waals surface area contributed by atoms with E-state index in [0.29, 0.717) is 21.5 Å². The first-order valence-corrected chi connectivity index (χ1v) is 7.13. The first-order chi connectivity index (χ1) is 9.95. The van der Waals surface area contributed by atoms with E-state index in [1.807, 2.05) is 0 Å². The van der Waals surface area contributed by atoms with E-state index in [2.05, 4.69) is 10.3 Å². The summed E-state index contributed by atoms with van der Waals surface area (Å²) in [5.74, 6) is 0.0495. The fraction of sp³-hybridized carbons (Fsp3) is 0.143. The van der Waals surface area contributed by atoms with Gasteiger partial charge >= 0.3 is 0 Å². The second kappa shape index (κ2) is 6.98. The predicted octanol–water partition coefficient (Wildman–Crippen LogP) is 4.45. The number of amides is 1. The Morgan fingerprint density at radius 1 is 1.24 bits per heavy atom. The summed E-state index contributed by atoms with van der Waals surface area (Å²) in [7, 11) is 0. The molecule has 110 valence electrons. The molecule has 1 aromatic carbocycles. The Kier molecular flexibility index (Phi) is 5.28. The summed E-state index contributed by atoms with van der Waals surface area (Å²) in [4.78, 5) is 15.9. The van der Waals surface area contributed by atoms with E-state index in [-0.39, 0.29) is 11.1 Å². The number of ether oxygens (including phenoxy) is 1. The molecule has 0 saturated heterocycles. The lowest BCUT2D eigenvalue weighted by Crippen LogP contribution is -2.30. The van der Waals surface area contributed by atoms with E-state index in [9.17, 15) is 4.79 Å². The summed E-state index contributed by atoms with van der Waals surface area (Å²) in [5, 5.41) is 3.71. The zero-order chi connectivity index (χ0) is 15.4. The van der Waals surface area contributed by atoms with Gasteiger partial charge in [0, 0.05) is 16.2 Å². The van der Waals surface area contributed by atoms with Crippen molar-refractivity contribution < 1.29 is 9.53 Å². The van der Waals surface area contributed by atoms with Gasteiger partial charge in [0.05, 0.1) is 5.69 Å². The Hall–Kier alpha value is -1.49. The zero-order valence-corrected chi connectivity index (χ0v) is 13.2. The van der Waals surface area contributed by atoms with Crippen molar-refractivity contribution in [3.63, 3.8) is 0 Å². The molecule has 0 unspecified atom stereocenters. The van der Waals surface area contributed by atoms with Crippen LogP contribution in [-0.4, -0.2) is 17.0 Å². The molecule has 7 heteroatoms. The molecule has 1 N–H and O–H groups in total. The number of anilines is 1. The number of pyridine rings is 1. The fourth-order valence-corrected chi connectivity index (χ4v) is 2.24. The van der Waals surface area contributed by atoms with Crippen molar-refractivity contribution in [2.45, 2.75) is 13.0 Å². The van der Waals surface area contributed by atoms with Crippen molar-refractivity contribution in [1.29, 1.82) is 0 Å². The van der Waals surface area contributed by atoms with Gasteiger partial charge in [-0.2, -0.15) is 0 Å². The van der Waals surface area contributed by atoms with Crippen LogP contribution in [0.25, 0.3) is 0 Å². The van der Waals surface area contributed by atoms with Crippen LogP contribution in [-0.2, 0) is 4.79 Å². The number of aromatic nitrogens is 1. The molecule has 2 aromatic rings. The number of carbonyl (C=O) groups is 1. The third kappa shape index (κ3) is 4.49. The van der Waals surface area contributed by atoms with Crippen LogP contribution in [0.3, 0.4) is 0 Å². The molecule has 0 fully saturated rings.